The molecule has 0 amide bonds. The Kier molecular flexibility index (Phi) is 4.49. The van der Waals surface area contributed by atoms with Crippen LogP contribution in [0.1, 0.15) is 12.1 Å². The number of hydrogen-bond acceptors (Lipinski definition) is 4. The van der Waals surface area contributed by atoms with Crippen molar-refractivity contribution >= 4 is 17.5 Å². The van der Waals surface area contributed by atoms with Gasteiger partial charge in [-0.2, -0.15) is 0 Å². The third-order valence-corrected chi connectivity index (χ3v) is 3.75. The Hall–Kier alpha value is -1.79. The fourth-order valence-electron chi connectivity index (χ4n) is 2.34. The van der Waals surface area contributed by atoms with Gasteiger partial charge in [0, 0.05) is 36.8 Å². The first-order valence-electron chi connectivity index (χ1n) is 7.02. The predicted octanol–water partition coefficient (Wildman–Crippen LogP) is 3.14. The van der Waals surface area contributed by atoms with E-state index in [4.69, 9.17) is 11.6 Å². The quantitative estimate of drug-likeness (QED) is 0.941. The standard InChI is InChI=1S/C15H15ClF2N4/c16-11-3-1-10(2-4-11)12-9-13(14(17)18)21-15(20-12)22-7-5-19-6-8-22/h1-4,9,14,19H,5-8H2. The third-order valence-electron chi connectivity index (χ3n) is 3.50. The molecule has 1 saturated heterocycles. The molecular formula is C15H15ClF2N4. The minimum absolute atomic E-state index is 0.256. The Morgan fingerprint density at radius 1 is 1.09 bits per heavy atom. The van der Waals surface area contributed by atoms with Gasteiger partial charge in [-0.25, -0.2) is 18.7 Å². The fourth-order valence-corrected chi connectivity index (χ4v) is 2.47. The monoisotopic (exact) mass is 324 g/mol. The molecule has 4 nitrogen and oxygen atoms in total. The number of rotatable bonds is 3. The minimum atomic E-state index is -2.63. The van der Waals surface area contributed by atoms with Crippen LogP contribution >= 0.6 is 11.6 Å². The molecule has 2 aromatic rings. The Morgan fingerprint density at radius 3 is 2.41 bits per heavy atom. The second kappa shape index (κ2) is 6.54. The summed E-state index contributed by atoms with van der Waals surface area (Å²) >= 11 is 5.87. The first kappa shape index (κ1) is 15.1. The van der Waals surface area contributed by atoms with Crippen LogP contribution in [0.4, 0.5) is 14.7 Å². The highest BCUT2D eigenvalue weighted by Gasteiger charge is 2.19. The van der Waals surface area contributed by atoms with Gasteiger partial charge in [-0.15, -0.1) is 0 Å². The lowest BCUT2D eigenvalue weighted by atomic mass is 10.1. The summed E-state index contributed by atoms with van der Waals surface area (Å²) in [5, 5.41) is 3.81. The van der Waals surface area contributed by atoms with E-state index in [9.17, 15) is 8.78 Å². The molecular weight excluding hydrogens is 310 g/mol. The molecule has 0 bridgehead atoms. The van der Waals surface area contributed by atoms with E-state index in [1.807, 2.05) is 4.90 Å². The zero-order chi connectivity index (χ0) is 15.5. The molecule has 0 spiro atoms. The van der Waals surface area contributed by atoms with Crippen LogP contribution < -0.4 is 10.2 Å². The zero-order valence-electron chi connectivity index (χ0n) is 11.8. The van der Waals surface area contributed by atoms with E-state index >= 15 is 0 Å². The Morgan fingerprint density at radius 2 is 1.77 bits per heavy atom. The van der Waals surface area contributed by atoms with Gasteiger partial charge in [-0.1, -0.05) is 23.7 Å². The number of anilines is 1. The van der Waals surface area contributed by atoms with Crippen LogP contribution in [0.25, 0.3) is 11.3 Å². The van der Waals surface area contributed by atoms with Crippen molar-refractivity contribution in [3.63, 3.8) is 0 Å². The zero-order valence-corrected chi connectivity index (χ0v) is 12.5. The molecule has 1 aliphatic heterocycles. The van der Waals surface area contributed by atoms with E-state index in [2.05, 4.69) is 15.3 Å². The lowest BCUT2D eigenvalue weighted by molar-refractivity contribution is 0.146. The van der Waals surface area contributed by atoms with Crippen molar-refractivity contribution in [1.82, 2.24) is 15.3 Å². The van der Waals surface area contributed by atoms with Crippen molar-refractivity contribution in [3.8, 4) is 11.3 Å². The van der Waals surface area contributed by atoms with E-state index in [1.54, 1.807) is 24.3 Å². The second-order valence-electron chi connectivity index (χ2n) is 5.02. The van der Waals surface area contributed by atoms with Crippen molar-refractivity contribution in [1.29, 1.82) is 0 Å². The molecule has 1 N–H and O–H groups in total. The number of nitrogens with zero attached hydrogens (tertiary/aromatic N) is 3. The van der Waals surface area contributed by atoms with E-state index in [0.717, 1.165) is 18.7 Å². The van der Waals surface area contributed by atoms with Crippen molar-refractivity contribution in [2.24, 2.45) is 0 Å². The van der Waals surface area contributed by atoms with Crippen LogP contribution in [0.5, 0.6) is 0 Å². The summed E-state index contributed by atoms with van der Waals surface area (Å²) in [6, 6.07) is 8.29. The topological polar surface area (TPSA) is 41.1 Å². The summed E-state index contributed by atoms with van der Waals surface area (Å²) < 4.78 is 26.3. The van der Waals surface area contributed by atoms with Gasteiger partial charge in [0.25, 0.3) is 6.43 Å². The number of benzene rings is 1. The number of alkyl halides is 2. The molecule has 2 heterocycles. The second-order valence-corrected chi connectivity index (χ2v) is 5.46. The largest absolute Gasteiger partial charge is 0.338 e. The number of piperazine rings is 1. The van der Waals surface area contributed by atoms with E-state index in [1.165, 1.54) is 6.07 Å². The van der Waals surface area contributed by atoms with Crippen molar-refractivity contribution < 1.29 is 8.78 Å². The predicted molar refractivity (Wildman–Crippen MR) is 82.5 cm³/mol. The molecule has 7 heteroatoms. The van der Waals surface area contributed by atoms with Crippen LogP contribution in [-0.4, -0.2) is 36.1 Å². The highest BCUT2D eigenvalue weighted by atomic mass is 35.5. The lowest BCUT2D eigenvalue weighted by Gasteiger charge is -2.28. The molecule has 116 valence electrons. The van der Waals surface area contributed by atoms with Gasteiger partial charge in [-0.3, -0.25) is 0 Å². The van der Waals surface area contributed by atoms with Crippen LogP contribution in [-0.2, 0) is 0 Å². The molecule has 0 saturated carbocycles. The summed E-state index contributed by atoms with van der Waals surface area (Å²) in [7, 11) is 0. The molecule has 0 atom stereocenters. The molecule has 1 aliphatic rings. The molecule has 0 unspecified atom stereocenters. The minimum Gasteiger partial charge on any atom is -0.338 e. The number of hydrogen-bond donors (Lipinski definition) is 1. The maximum Gasteiger partial charge on any atom is 0.280 e. The van der Waals surface area contributed by atoms with Gasteiger partial charge in [-0.05, 0) is 18.2 Å². The van der Waals surface area contributed by atoms with Crippen molar-refractivity contribution in [3.05, 3.63) is 41.0 Å². The number of nitrogens with one attached hydrogen (secondary N) is 1. The maximum absolute atomic E-state index is 13.1. The van der Waals surface area contributed by atoms with Gasteiger partial charge in [0.05, 0.1) is 5.69 Å². The molecule has 22 heavy (non-hydrogen) atoms. The van der Waals surface area contributed by atoms with Crippen LogP contribution in [0, 0.1) is 0 Å². The summed E-state index contributed by atoms with van der Waals surface area (Å²) in [4.78, 5) is 10.4. The average molecular weight is 325 g/mol. The van der Waals surface area contributed by atoms with Gasteiger partial charge in [0.15, 0.2) is 0 Å². The molecule has 3 rings (SSSR count). The van der Waals surface area contributed by atoms with Crippen LogP contribution in [0.2, 0.25) is 5.02 Å². The molecule has 1 aromatic heterocycles. The Bertz CT molecular complexity index is 642. The Balaban J connectivity index is 2.01. The summed E-state index contributed by atoms with van der Waals surface area (Å²) in [6.07, 6.45) is -2.63. The summed E-state index contributed by atoms with van der Waals surface area (Å²) in [5.74, 6) is 0.351. The number of halogens is 3. The molecule has 0 aliphatic carbocycles. The molecule has 1 fully saturated rings. The first-order chi connectivity index (χ1) is 10.6. The highest BCUT2D eigenvalue weighted by Crippen LogP contribution is 2.26. The van der Waals surface area contributed by atoms with Crippen LogP contribution in [0.3, 0.4) is 0 Å². The number of aromatic nitrogens is 2. The fraction of sp³-hybridized carbons (Fsp3) is 0.333. The SMILES string of the molecule is FC(F)c1cc(-c2ccc(Cl)cc2)nc(N2CCNCC2)n1. The van der Waals surface area contributed by atoms with Crippen molar-refractivity contribution in [2.45, 2.75) is 6.43 Å². The average Bonchev–Trinajstić information content (AvgIpc) is 2.56. The van der Waals surface area contributed by atoms with Gasteiger partial charge in [0.2, 0.25) is 5.95 Å². The third kappa shape index (κ3) is 3.34. The maximum atomic E-state index is 13.1. The lowest BCUT2D eigenvalue weighted by Crippen LogP contribution is -2.44. The normalized spacial score (nSPS) is 15.4. The van der Waals surface area contributed by atoms with Crippen molar-refractivity contribution in [2.75, 3.05) is 31.1 Å². The highest BCUT2D eigenvalue weighted by molar-refractivity contribution is 6.30. The summed E-state index contributed by atoms with van der Waals surface area (Å²) in [6.45, 7) is 2.98. The van der Waals surface area contributed by atoms with Gasteiger partial charge in [0.1, 0.15) is 5.69 Å². The molecule has 1 aromatic carbocycles. The summed E-state index contributed by atoms with van der Waals surface area (Å²) in [5.41, 5.74) is 0.967. The van der Waals surface area contributed by atoms with E-state index < -0.39 is 6.43 Å². The van der Waals surface area contributed by atoms with E-state index in [-0.39, 0.29) is 5.69 Å². The van der Waals surface area contributed by atoms with E-state index in [0.29, 0.717) is 29.8 Å². The first-order valence-corrected chi connectivity index (χ1v) is 7.40. The molecule has 0 radical (unpaired) electrons. The van der Waals surface area contributed by atoms with Crippen LogP contribution in [0.15, 0.2) is 30.3 Å². The Labute approximate surface area is 132 Å². The van der Waals surface area contributed by atoms with Gasteiger partial charge >= 0.3 is 0 Å². The van der Waals surface area contributed by atoms with Gasteiger partial charge < -0.3 is 10.2 Å². The smallest absolute Gasteiger partial charge is 0.280 e.